The summed E-state index contributed by atoms with van der Waals surface area (Å²) in [5.74, 6) is 0.338. The van der Waals surface area contributed by atoms with E-state index in [1.165, 1.54) is 24.5 Å². The van der Waals surface area contributed by atoms with E-state index in [0.29, 0.717) is 17.9 Å². The largest absolute Gasteiger partial charge is 0.365 e. The molecule has 8 heteroatoms. The molecule has 5 rings (SSSR count). The van der Waals surface area contributed by atoms with Crippen LogP contribution in [0.3, 0.4) is 0 Å². The summed E-state index contributed by atoms with van der Waals surface area (Å²) in [5, 5.41) is 4.24. The van der Waals surface area contributed by atoms with E-state index in [4.69, 9.17) is 0 Å². The number of nitrogens with one attached hydrogen (secondary N) is 2. The first-order valence-corrected chi connectivity index (χ1v) is 13.3. The first-order valence-electron chi connectivity index (χ1n) is 11.9. The van der Waals surface area contributed by atoms with Crippen molar-refractivity contribution in [3.63, 3.8) is 0 Å². The van der Waals surface area contributed by atoms with E-state index >= 15 is 0 Å². The Labute approximate surface area is 215 Å². The van der Waals surface area contributed by atoms with Crippen LogP contribution in [-0.4, -0.2) is 24.9 Å². The summed E-state index contributed by atoms with van der Waals surface area (Å²) in [5.41, 5.74) is 4.07. The van der Waals surface area contributed by atoms with Crippen LogP contribution >= 0.6 is 0 Å². The lowest BCUT2D eigenvalue weighted by Crippen LogP contribution is -2.26. The smallest absolute Gasteiger partial charge is 0.240 e. The fourth-order valence-corrected chi connectivity index (χ4v) is 5.16. The molecule has 6 nitrogen and oxygen atoms in total. The van der Waals surface area contributed by atoms with Gasteiger partial charge in [0.25, 0.3) is 0 Å². The maximum atomic E-state index is 14.6. The Balaban J connectivity index is 1.35. The Kier molecular flexibility index (Phi) is 7.20. The van der Waals surface area contributed by atoms with Crippen LogP contribution in [0.25, 0.3) is 22.0 Å². The molecule has 0 aliphatic carbocycles. The number of nitrogens with zero attached hydrogens (tertiary/aromatic N) is 2. The van der Waals surface area contributed by atoms with Gasteiger partial charge in [-0.25, -0.2) is 27.5 Å². The number of fused-ring (bicyclic) bond motifs is 1. The van der Waals surface area contributed by atoms with Crippen LogP contribution in [0.15, 0.2) is 108 Å². The van der Waals surface area contributed by atoms with Crippen molar-refractivity contribution in [2.24, 2.45) is 0 Å². The summed E-state index contributed by atoms with van der Waals surface area (Å²) in [6, 6.07) is 28.9. The fourth-order valence-electron chi connectivity index (χ4n) is 4.11. The lowest BCUT2D eigenvalue weighted by Gasteiger charge is -2.11. The Bertz CT molecular complexity index is 1630. The minimum absolute atomic E-state index is 0.0801. The number of hydrogen-bond acceptors (Lipinski definition) is 5. The van der Waals surface area contributed by atoms with Crippen LogP contribution in [0.1, 0.15) is 11.1 Å². The molecule has 0 atom stereocenters. The Morgan fingerprint density at radius 3 is 2.27 bits per heavy atom. The number of aromatic nitrogens is 2. The van der Waals surface area contributed by atoms with Crippen LogP contribution in [0.4, 0.5) is 10.2 Å². The van der Waals surface area contributed by atoms with E-state index in [1.54, 1.807) is 30.3 Å². The van der Waals surface area contributed by atoms with Gasteiger partial charge in [0.15, 0.2) is 0 Å². The molecule has 37 heavy (non-hydrogen) atoms. The average Bonchev–Trinajstić information content (AvgIpc) is 2.93. The number of hydrogen-bond donors (Lipinski definition) is 2. The molecular formula is C29H25FN4O2S. The molecular weight excluding hydrogens is 487 g/mol. The second-order valence-corrected chi connectivity index (χ2v) is 10.3. The van der Waals surface area contributed by atoms with Gasteiger partial charge in [-0.1, -0.05) is 60.7 Å². The third kappa shape index (κ3) is 5.82. The lowest BCUT2D eigenvalue weighted by atomic mass is 10.00. The molecule has 0 unspecified atom stereocenters. The van der Waals surface area contributed by atoms with Crippen LogP contribution in [-0.2, 0) is 23.0 Å². The van der Waals surface area contributed by atoms with Crippen molar-refractivity contribution in [3.05, 3.63) is 120 Å². The van der Waals surface area contributed by atoms with Crippen molar-refractivity contribution in [1.82, 2.24) is 14.7 Å². The molecule has 5 aromatic rings. The highest BCUT2D eigenvalue weighted by Crippen LogP contribution is 2.28. The highest BCUT2D eigenvalue weighted by molar-refractivity contribution is 7.89. The third-order valence-corrected chi connectivity index (χ3v) is 7.53. The van der Waals surface area contributed by atoms with Crippen LogP contribution in [0.5, 0.6) is 0 Å². The average molecular weight is 513 g/mol. The van der Waals surface area contributed by atoms with Gasteiger partial charge in [0.2, 0.25) is 10.0 Å². The topological polar surface area (TPSA) is 84.0 Å². The summed E-state index contributed by atoms with van der Waals surface area (Å²) in [7, 11) is -3.65. The van der Waals surface area contributed by atoms with E-state index in [2.05, 4.69) is 20.0 Å². The minimum atomic E-state index is -3.65. The Morgan fingerprint density at radius 2 is 1.49 bits per heavy atom. The van der Waals surface area contributed by atoms with Gasteiger partial charge < -0.3 is 5.32 Å². The van der Waals surface area contributed by atoms with Gasteiger partial charge in [0, 0.05) is 18.5 Å². The number of anilines is 1. The number of sulfonamides is 1. The molecule has 0 bridgehead atoms. The summed E-state index contributed by atoms with van der Waals surface area (Å²) in [4.78, 5) is 8.98. The predicted molar refractivity (Wildman–Crippen MR) is 144 cm³/mol. The Hall–Kier alpha value is -4.14. The van der Waals surface area contributed by atoms with Crippen molar-refractivity contribution in [3.8, 4) is 11.1 Å². The van der Waals surface area contributed by atoms with Gasteiger partial charge in [-0.2, -0.15) is 0 Å². The summed E-state index contributed by atoms with van der Waals surface area (Å²) >= 11 is 0. The van der Waals surface area contributed by atoms with Gasteiger partial charge in [0.05, 0.1) is 10.4 Å². The first-order chi connectivity index (χ1) is 18.0. The predicted octanol–water partition coefficient (Wildman–Crippen LogP) is 5.57. The molecule has 2 N–H and O–H groups in total. The Morgan fingerprint density at radius 1 is 0.784 bits per heavy atom. The number of rotatable bonds is 9. The minimum Gasteiger partial charge on any atom is -0.365 e. The van der Waals surface area contributed by atoms with Gasteiger partial charge >= 0.3 is 0 Å². The van der Waals surface area contributed by atoms with Crippen LogP contribution < -0.4 is 10.0 Å². The molecule has 186 valence electrons. The summed E-state index contributed by atoms with van der Waals surface area (Å²) in [6.45, 7) is 0.702. The van der Waals surface area contributed by atoms with Crippen LogP contribution in [0, 0.1) is 5.82 Å². The summed E-state index contributed by atoms with van der Waals surface area (Å²) in [6.07, 6.45) is 1.74. The molecule has 0 saturated heterocycles. The van der Waals surface area contributed by atoms with E-state index < -0.39 is 10.0 Å². The fraction of sp³-hybridized carbons (Fsp3) is 0.103. The molecule has 0 amide bonds. The van der Waals surface area contributed by atoms with Gasteiger partial charge in [-0.3, -0.25) is 0 Å². The van der Waals surface area contributed by atoms with Crippen LogP contribution in [0.2, 0.25) is 0 Å². The van der Waals surface area contributed by atoms with Crippen molar-refractivity contribution in [2.75, 3.05) is 11.9 Å². The van der Waals surface area contributed by atoms with Crippen molar-refractivity contribution in [1.29, 1.82) is 0 Å². The zero-order valence-electron chi connectivity index (χ0n) is 19.9. The maximum Gasteiger partial charge on any atom is 0.240 e. The second kappa shape index (κ2) is 10.9. The number of benzene rings is 4. The normalized spacial score (nSPS) is 11.5. The highest BCUT2D eigenvalue weighted by Gasteiger charge is 2.14. The lowest BCUT2D eigenvalue weighted by molar-refractivity contribution is 0.577. The van der Waals surface area contributed by atoms with Gasteiger partial charge in [0.1, 0.15) is 18.0 Å². The van der Waals surface area contributed by atoms with E-state index in [1.807, 2.05) is 48.5 Å². The highest BCUT2D eigenvalue weighted by atomic mass is 32.2. The molecule has 0 fully saturated rings. The van der Waals surface area contributed by atoms with Gasteiger partial charge in [-0.15, -0.1) is 0 Å². The van der Waals surface area contributed by atoms with Gasteiger partial charge in [-0.05, 0) is 65.1 Å². The molecule has 1 heterocycles. The first kappa shape index (κ1) is 24.5. The van der Waals surface area contributed by atoms with E-state index in [9.17, 15) is 12.8 Å². The number of halogens is 1. The van der Waals surface area contributed by atoms with E-state index in [-0.39, 0.29) is 23.7 Å². The van der Waals surface area contributed by atoms with Crippen molar-refractivity contribution in [2.45, 2.75) is 17.9 Å². The van der Waals surface area contributed by atoms with Crippen molar-refractivity contribution < 1.29 is 12.8 Å². The quantitative estimate of drug-likeness (QED) is 0.270. The zero-order valence-corrected chi connectivity index (χ0v) is 20.7. The van der Waals surface area contributed by atoms with Crippen molar-refractivity contribution >= 4 is 26.7 Å². The molecule has 1 aromatic heterocycles. The van der Waals surface area contributed by atoms with E-state index in [0.717, 1.165) is 27.6 Å². The molecule has 0 aliphatic rings. The third-order valence-electron chi connectivity index (χ3n) is 6.06. The molecule has 0 radical (unpaired) electrons. The molecule has 0 spiro atoms. The molecule has 4 aromatic carbocycles. The SMILES string of the molecule is O=S(=O)(NCCc1cc(-c2ccc3ncnc(NCc4ccccc4)c3c2)ccc1F)c1ccccc1. The second-order valence-electron chi connectivity index (χ2n) is 8.56. The standard InChI is InChI=1S/C29H25FN4O2S/c30-27-13-11-22(17-24(27)15-16-34-37(35,36)25-9-5-2-6-10-25)23-12-14-28-26(18-23)29(33-20-32-28)31-19-21-7-3-1-4-8-21/h1-14,17-18,20,34H,15-16,19H2,(H,31,32,33). The zero-order chi connectivity index (χ0) is 25.7. The summed E-state index contributed by atoms with van der Waals surface area (Å²) < 4.78 is 42.1. The molecule has 0 aliphatic heterocycles. The monoisotopic (exact) mass is 512 g/mol. The molecule has 0 saturated carbocycles. The maximum absolute atomic E-state index is 14.6.